The highest BCUT2D eigenvalue weighted by Gasteiger charge is 2.27. The fourth-order valence-electron chi connectivity index (χ4n) is 3.79. The molecule has 2 amide bonds. The van der Waals surface area contributed by atoms with E-state index >= 15 is 0 Å². The number of ether oxygens (including phenoxy) is 1. The van der Waals surface area contributed by atoms with Crippen LogP contribution in [0.1, 0.15) is 57.0 Å². The molecule has 0 radical (unpaired) electrons. The van der Waals surface area contributed by atoms with Gasteiger partial charge in [0.15, 0.2) is 5.16 Å². The van der Waals surface area contributed by atoms with Gasteiger partial charge in [0.05, 0.1) is 0 Å². The number of hydrogen-bond donors (Lipinski definition) is 0. The lowest BCUT2D eigenvalue weighted by Crippen LogP contribution is -2.45. The smallest absolute Gasteiger partial charge is 0.410 e. The molecule has 0 N–H and O–H groups in total. The van der Waals surface area contributed by atoms with Crippen molar-refractivity contribution in [2.75, 3.05) is 32.9 Å². The van der Waals surface area contributed by atoms with Crippen LogP contribution in [0.3, 0.4) is 0 Å². The van der Waals surface area contributed by atoms with E-state index in [0.717, 1.165) is 41.5 Å². The quantitative estimate of drug-likeness (QED) is 0.498. The molecule has 1 aromatic rings. The summed E-state index contributed by atoms with van der Waals surface area (Å²) in [6.45, 7) is 11.6. The normalized spacial score (nSPS) is 17.0. The molecule has 1 atom stereocenters. The van der Waals surface area contributed by atoms with Gasteiger partial charge in [0.25, 0.3) is 0 Å². The molecule has 1 saturated heterocycles. The zero-order chi connectivity index (χ0) is 22.5. The van der Waals surface area contributed by atoms with Crippen molar-refractivity contribution in [3.63, 3.8) is 0 Å². The number of amides is 2. The summed E-state index contributed by atoms with van der Waals surface area (Å²) in [4.78, 5) is 37.7. The summed E-state index contributed by atoms with van der Waals surface area (Å²) in [5.41, 5.74) is 2.47. The summed E-state index contributed by atoms with van der Waals surface area (Å²) in [5, 5.41) is 0.771. The van der Waals surface area contributed by atoms with E-state index in [1.807, 2.05) is 45.8 Å². The zero-order valence-electron chi connectivity index (χ0n) is 19.4. The first kappa shape index (κ1) is 24.4. The molecule has 0 saturated carbocycles. The third kappa shape index (κ3) is 7.15. The van der Waals surface area contributed by atoms with Gasteiger partial charge in [0, 0.05) is 44.5 Å². The number of piperidine rings is 1. The molecule has 1 aliphatic heterocycles. The Morgan fingerprint density at radius 1 is 1.23 bits per heavy atom. The maximum Gasteiger partial charge on any atom is 0.410 e. The van der Waals surface area contributed by atoms with Gasteiger partial charge in [-0.3, -0.25) is 4.79 Å². The van der Waals surface area contributed by atoms with Crippen molar-refractivity contribution in [2.24, 2.45) is 5.92 Å². The maximum absolute atomic E-state index is 12.8. The average molecular weight is 437 g/mol. The molecule has 2 heterocycles. The van der Waals surface area contributed by atoms with Crippen LogP contribution < -0.4 is 0 Å². The summed E-state index contributed by atoms with van der Waals surface area (Å²) in [5.74, 6) is 0.431. The molecular weight excluding hydrogens is 400 g/mol. The second-order valence-corrected chi connectivity index (χ2v) is 9.84. The fourth-order valence-corrected chi connectivity index (χ4v) is 4.25. The summed E-state index contributed by atoms with van der Waals surface area (Å²) in [7, 11) is 1.76. The van der Waals surface area contributed by atoms with Crippen LogP contribution in [-0.2, 0) is 16.0 Å². The molecule has 0 aromatic carbocycles. The van der Waals surface area contributed by atoms with Crippen LogP contribution in [0.2, 0.25) is 0 Å². The van der Waals surface area contributed by atoms with E-state index in [9.17, 15) is 9.59 Å². The highest BCUT2D eigenvalue weighted by molar-refractivity contribution is 7.98. The fraction of sp³-hybridized carbons (Fsp3) is 0.727. The molecule has 8 heteroatoms. The Hall–Kier alpha value is -1.83. The Morgan fingerprint density at radius 2 is 1.87 bits per heavy atom. The molecule has 168 valence electrons. The van der Waals surface area contributed by atoms with E-state index in [1.54, 1.807) is 11.9 Å². The molecule has 1 aliphatic rings. The topological polar surface area (TPSA) is 75.6 Å². The molecule has 0 spiro atoms. The van der Waals surface area contributed by atoms with E-state index in [-0.39, 0.29) is 17.9 Å². The van der Waals surface area contributed by atoms with Gasteiger partial charge in [-0.25, -0.2) is 14.8 Å². The number of thioether (sulfide) groups is 1. The van der Waals surface area contributed by atoms with Crippen LogP contribution in [0, 0.1) is 19.8 Å². The molecule has 1 aromatic heterocycles. The van der Waals surface area contributed by atoms with Crippen LogP contribution in [0.4, 0.5) is 4.79 Å². The molecule has 2 rings (SSSR count). The van der Waals surface area contributed by atoms with E-state index in [4.69, 9.17) is 4.74 Å². The summed E-state index contributed by atoms with van der Waals surface area (Å²) in [6.07, 6.45) is 4.74. The van der Waals surface area contributed by atoms with Crippen molar-refractivity contribution in [3.05, 3.63) is 17.0 Å². The minimum absolute atomic E-state index is 0.160. The minimum Gasteiger partial charge on any atom is -0.444 e. The van der Waals surface area contributed by atoms with E-state index in [2.05, 4.69) is 9.97 Å². The van der Waals surface area contributed by atoms with Gasteiger partial charge < -0.3 is 14.5 Å². The monoisotopic (exact) mass is 436 g/mol. The van der Waals surface area contributed by atoms with Gasteiger partial charge in [-0.1, -0.05) is 11.8 Å². The number of rotatable bonds is 6. The van der Waals surface area contributed by atoms with Gasteiger partial charge in [0.2, 0.25) is 5.91 Å². The van der Waals surface area contributed by atoms with Crippen molar-refractivity contribution in [1.29, 1.82) is 0 Å². The molecule has 1 unspecified atom stereocenters. The highest BCUT2D eigenvalue weighted by atomic mass is 32.2. The molecule has 1 fully saturated rings. The second-order valence-electron chi connectivity index (χ2n) is 9.07. The maximum atomic E-state index is 12.8. The van der Waals surface area contributed by atoms with Gasteiger partial charge in [0.1, 0.15) is 5.60 Å². The lowest BCUT2D eigenvalue weighted by molar-refractivity contribution is -0.133. The number of carbonyl (C=O) groups is 2. The Kier molecular flexibility index (Phi) is 8.52. The van der Waals surface area contributed by atoms with Crippen molar-refractivity contribution < 1.29 is 14.3 Å². The summed E-state index contributed by atoms with van der Waals surface area (Å²) in [6, 6.07) is 0. The Morgan fingerprint density at radius 3 is 2.43 bits per heavy atom. The van der Waals surface area contributed by atoms with Crippen LogP contribution in [0.25, 0.3) is 0 Å². The van der Waals surface area contributed by atoms with Gasteiger partial charge in [-0.15, -0.1) is 0 Å². The van der Waals surface area contributed by atoms with Crippen molar-refractivity contribution in [2.45, 2.75) is 71.1 Å². The predicted molar refractivity (Wildman–Crippen MR) is 120 cm³/mol. The van der Waals surface area contributed by atoms with Crippen LogP contribution in [-0.4, -0.2) is 70.3 Å². The van der Waals surface area contributed by atoms with Crippen LogP contribution in [0.5, 0.6) is 0 Å². The molecule has 30 heavy (non-hydrogen) atoms. The molecule has 0 bridgehead atoms. The Bertz CT molecular complexity index is 740. The zero-order valence-corrected chi connectivity index (χ0v) is 20.3. The van der Waals surface area contributed by atoms with E-state index in [0.29, 0.717) is 25.9 Å². The molecule has 0 aliphatic carbocycles. The van der Waals surface area contributed by atoms with Gasteiger partial charge in [-0.2, -0.15) is 0 Å². The Labute approximate surface area is 185 Å². The first-order valence-corrected chi connectivity index (χ1v) is 11.8. The van der Waals surface area contributed by atoms with E-state index < -0.39 is 5.60 Å². The van der Waals surface area contributed by atoms with E-state index in [1.165, 1.54) is 11.8 Å². The lowest BCUT2D eigenvalue weighted by atomic mass is 9.97. The number of hydrogen-bond acceptors (Lipinski definition) is 6. The lowest BCUT2D eigenvalue weighted by Gasteiger charge is -2.35. The number of likely N-dealkylation sites (tertiary alicyclic amines) is 1. The van der Waals surface area contributed by atoms with Crippen LogP contribution in [0.15, 0.2) is 5.16 Å². The third-order valence-corrected chi connectivity index (χ3v) is 5.83. The summed E-state index contributed by atoms with van der Waals surface area (Å²) >= 11 is 1.53. The largest absolute Gasteiger partial charge is 0.444 e. The minimum atomic E-state index is -0.506. The highest BCUT2D eigenvalue weighted by Crippen LogP contribution is 2.21. The molecular formula is C22H36N4O3S. The Balaban J connectivity index is 1.89. The predicted octanol–water partition coefficient (Wildman–Crippen LogP) is 3.85. The molecule has 7 nitrogen and oxygen atoms in total. The second kappa shape index (κ2) is 10.5. The van der Waals surface area contributed by atoms with Crippen LogP contribution >= 0.6 is 11.8 Å². The first-order chi connectivity index (χ1) is 14.0. The van der Waals surface area contributed by atoms with Gasteiger partial charge in [-0.05, 0) is 71.6 Å². The first-order valence-electron chi connectivity index (χ1n) is 10.6. The van der Waals surface area contributed by atoms with Crippen molar-refractivity contribution >= 4 is 23.8 Å². The summed E-state index contributed by atoms with van der Waals surface area (Å²) < 4.78 is 5.43. The van der Waals surface area contributed by atoms with Crippen molar-refractivity contribution in [1.82, 2.24) is 19.8 Å². The van der Waals surface area contributed by atoms with Gasteiger partial charge >= 0.3 is 6.09 Å². The third-order valence-electron chi connectivity index (χ3n) is 5.28. The standard InChI is InChI=1S/C22H36N4O3S/c1-15-18(16(2)24-20(23-15)30-7)10-11-19(27)26-12-8-9-17(14-26)13-25(6)21(28)29-22(3,4)5/h17H,8-14H2,1-7H3. The average Bonchev–Trinajstić information content (AvgIpc) is 2.65. The van der Waals surface area contributed by atoms with Crippen molar-refractivity contribution in [3.8, 4) is 0 Å². The number of carbonyl (C=O) groups excluding carboxylic acids is 2. The SMILES string of the molecule is CSc1nc(C)c(CCC(=O)N2CCCC(CN(C)C(=O)OC(C)(C)C)C2)c(C)n1. The number of aromatic nitrogens is 2. The number of nitrogens with zero attached hydrogens (tertiary/aromatic N) is 4. The number of aryl methyl sites for hydroxylation is 2.